The normalized spacial score (nSPS) is 12.3. The van der Waals surface area contributed by atoms with Gasteiger partial charge in [0.1, 0.15) is 0 Å². The van der Waals surface area contributed by atoms with Gasteiger partial charge in [-0.05, 0) is 31.4 Å². The Kier molecular flexibility index (Phi) is 5.62. The lowest BCUT2D eigenvalue weighted by Crippen LogP contribution is -2.39. The summed E-state index contributed by atoms with van der Waals surface area (Å²) < 4.78 is 0. The molecule has 0 fully saturated rings. The molecule has 18 heavy (non-hydrogen) atoms. The van der Waals surface area contributed by atoms with Crippen LogP contribution in [0.3, 0.4) is 0 Å². The van der Waals surface area contributed by atoms with Gasteiger partial charge >= 0.3 is 6.03 Å². The van der Waals surface area contributed by atoms with E-state index in [0.717, 1.165) is 18.7 Å². The van der Waals surface area contributed by atoms with Crippen LogP contribution in [-0.4, -0.2) is 29.5 Å². The highest BCUT2D eigenvalue weighted by Gasteiger charge is 2.17. The summed E-state index contributed by atoms with van der Waals surface area (Å²) in [7, 11) is 1.80. The lowest BCUT2D eigenvalue weighted by molar-refractivity contribution is 0.193. The molecule has 0 bridgehead atoms. The third-order valence-corrected chi connectivity index (χ3v) is 3.02. The Morgan fingerprint density at radius 3 is 2.67 bits per heavy atom. The van der Waals surface area contributed by atoms with E-state index in [-0.39, 0.29) is 12.1 Å². The van der Waals surface area contributed by atoms with Crippen LogP contribution in [0.15, 0.2) is 24.4 Å². The average Bonchev–Trinajstić information content (AvgIpc) is 2.37. The van der Waals surface area contributed by atoms with Crippen molar-refractivity contribution in [1.29, 1.82) is 0 Å². The molecule has 4 heteroatoms. The minimum Gasteiger partial charge on any atom is -0.338 e. The molecular formula is C14H23N3O. The molecule has 0 aliphatic heterocycles. The lowest BCUT2D eigenvalue weighted by atomic mass is 10.1. The number of hydrogen-bond acceptors (Lipinski definition) is 2. The zero-order valence-corrected chi connectivity index (χ0v) is 11.7. The molecule has 1 unspecified atom stereocenters. The van der Waals surface area contributed by atoms with Crippen molar-refractivity contribution in [3.63, 3.8) is 0 Å². The second kappa shape index (κ2) is 6.99. The first-order valence-corrected chi connectivity index (χ1v) is 6.44. The summed E-state index contributed by atoms with van der Waals surface area (Å²) >= 11 is 0. The number of carbonyl (C=O) groups is 1. The first-order valence-electron chi connectivity index (χ1n) is 6.44. The molecule has 1 N–H and O–H groups in total. The molecule has 1 atom stereocenters. The molecule has 1 aromatic rings. The Morgan fingerprint density at radius 1 is 1.39 bits per heavy atom. The first kappa shape index (κ1) is 14.5. The van der Waals surface area contributed by atoms with Gasteiger partial charge < -0.3 is 10.2 Å². The Labute approximate surface area is 109 Å². The van der Waals surface area contributed by atoms with Crippen molar-refractivity contribution in [2.24, 2.45) is 5.92 Å². The van der Waals surface area contributed by atoms with E-state index in [1.165, 1.54) is 0 Å². The quantitative estimate of drug-likeness (QED) is 0.872. The molecule has 2 amide bonds. The summed E-state index contributed by atoms with van der Waals surface area (Å²) in [6.45, 7) is 6.99. The predicted molar refractivity (Wildman–Crippen MR) is 73.3 cm³/mol. The average molecular weight is 249 g/mol. The zero-order valence-electron chi connectivity index (χ0n) is 11.7. The number of hydrogen-bond donors (Lipinski definition) is 1. The van der Waals surface area contributed by atoms with Crippen molar-refractivity contribution < 1.29 is 4.79 Å². The standard InChI is InChI=1S/C14H23N3O/c1-11(2)8-10-16-14(18)17(4)12(3)13-7-5-6-9-15-13/h5-7,9,11-12H,8,10H2,1-4H3,(H,16,18). The molecule has 0 radical (unpaired) electrons. The maximum atomic E-state index is 11.9. The minimum atomic E-state index is -0.0474. The molecule has 0 spiro atoms. The minimum absolute atomic E-state index is 0.0229. The summed E-state index contributed by atoms with van der Waals surface area (Å²) in [5.74, 6) is 0.601. The lowest BCUT2D eigenvalue weighted by Gasteiger charge is -2.25. The molecule has 0 aliphatic carbocycles. The smallest absolute Gasteiger partial charge is 0.317 e. The van der Waals surface area contributed by atoms with Crippen LogP contribution in [0.2, 0.25) is 0 Å². The first-order chi connectivity index (χ1) is 8.52. The van der Waals surface area contributed by atoms with E-state index in [4.69, 9.17) is 0 Å². The van der Waals surface area contributed by atoms with Crippen LogP contribution in [0, 0.1) is 5.92 Å². The Morgan fingerprint density at radius 2 is 2.11 bits per heavy atom. The summed E-state index contributed by atoms with van der Waals surface area (Å²) in [6, 6.07) is 5.67. The second-order valence-corrected chi connectivity index (χ2v) is 4.96. The van der Waals surface area contributed by atoms with E-state index in [1.807, 2.05) is 25.1 Å². The monoisotopic (exact) mass is 249 g/mol. The topological polar surface area (TPSA) is 45.2 Å². The van der Waals surface area contributed by atoms with E-state index in [1.54, 1.807) is 18.1 Å². The summed E-state index contributed by atoms with van der Waals surface area (Å²) in [4.78, 5) is 17.9. The molecule has 100 valence electrons. The number of nitrogens with one attached hydrogen (secondary N) is 1. The number of pyridine rings is 1. The van der Waals surface area contributed by atoms with Gasteiger partial charge in [-0.1, -0.05) is 19.9 Å². The number of rotatable bonds is 5. The van der Waals surface area contributed by atoms with Crippen molar-refractivity contribution in [3.8, 4) is 0 Å². The molecular weight excluding hydrogens is 226 g/mol. The largest absolute Gasteiger partial charge is 0.338 e. The van der Waals surface area contributed by atoms with Crippen molar-refractivity contribution >= 4 is 6.03 Å². The Balaban J connectivity index is 2.48. The van der Waals surface area contributed by atoms with Gasteiger partial charge in [-0.25, -0.2) is 4.79 Å². The molecule has 0 saturated carbocycles. The van der Waals surface area contributed by atoms with Crippen LogP contribution in [0.5, 0.6) is 0 Å². The van der Waals surface area contributed by atoms with Gasteiger partial charge in [-0.2, -0.15) is 0 Å². The van der Waals surface area contributed by atoms with Crippen molar-refractivity contribution in [1.82, 2.24) is 15.2 Å². The van der Waals surface area contributed by atoms with E-state index in [9.17, 15) is 4.79 Å². The van der Waals surface area contributed by atoms with E-state index >= 15 is 0 Å². The van der Waals surface area contributed by atoms with E-state index in [0.29, 0.717) is 5.92 Å². The molecule has 4 nitrogen and oxygen atoms in total. The third kappa shape index (κ3) is 4.35. The third-order valence-electron chi connectivity index (χ3n) is 3.02. The molecule has 0 aliphatic rings. The number of carbonyl (C=O) groups excluding carboxylic acids is 1. The van der Waals surface area contributed by atoms with Gasteiger partial charge in [-0.3, -0.25) is 4.98 Å². The van der Waals surface area contributed by atoms with Gasteiger partial charge in [0.15, 0.2) is 0 Å². The predicted octanol–water partition coefficient (Wildman–Crippen LogP) is 2.83. The fourth-order valence-corrected chi connectivity index (χ4v) is 1.59. The zero-order chi connectivity index (χ0) is 13.5. The fraction of sp³-hybridized carbons (Fsp3) is 0.571. The van der Waals surface area contributed by atoms with Gasteiger partial charge in [0.05, 0.1) is 11.7 Å². The molecule has 1 rings (SSSR count). The molecule has 1 aromatic heterocycles. The van der Waals surface area contributed by atoms with Crippen LogP contribution in [0.4, 0.5) is 4.79 Å². The van der Waals surface area contributed by atoms with Gasteiger partial charge in [0.25, 0.3) is 0 Å². The van der Waals surface area contributed by atoms with Crippen molar-refractivity contribution in [3.05, 3.63) is 30.1 Å². The van der Waals surface area contributed by atoms with Crippen LogP contribution in [0.25, 0.3) is 0 Å². The highest BCUT2D eigenvalue weighted by Crippen LogP contribution is 2.15. The van der Waals surface area contributed by atoms with Crippen LogP contribution in [-0.2, 0) is 0 Å². The van der Waals surface area contributed by atoms with Crippen LogP contribution >= 0.6 is 0 Å². The maximum Gasteiger partial charge on any atom is 0.317 e. The van der Waals surface area contributed by atoms with Crippen molar-refractivity contribution in [2.45, 2.75) is 33.2 Å². The van der Waals surface area contributed by atoms with Crippen LogP contribution in [0.1, 0.15) is 38.9 Å². The SMILES string of the molecule is CC(C)CCNC(=O)N(C)C(C)c1ccccn1. The molecule has 0 saturated heterocycles. The fourth-order valence-electron chi connectivity index (χ4n) is 1.59. The second-order valence-electron chi connectivity index (χ2n) is 4.96. The number of nitrogens with zero attached hydrogens (tertiary/aromatic N) is 2. The van der Waals surface area contributed by atoms with E-state index < -0.39 is 0 Å². The Bertz CT molecular complexity index is 365. The summed E-state index contributed by atoms with van der Waals surface area (Å²) in [6.07, 6.45) is 2.74. The maximum absolute atomic E-state index is 11.9. The molecule has 1 heterocycles. The Hall–Kier alpha value is -1.58. The highest BCUT2D eigenvalue weighted by molar-refractivity contribution is 5.74. The van der Waals surface area contributed by atoms with Crippen molar-refractivity contribution in [2.75, 3.05) is 13.6 Å². The van der Waals surface area contributed by atoms with Gasteiger partial charge in [0, 0.05) is 19.8 Å². The van der Waals surface area contributed by atoms with Gasteiger partial charge in [-0.15, -0.1) is 0 Å². The summed E-state index contributed by atoms with van der Waals surface area (Å²) in [5, 5.41) is 2.92. The summed E-state index contributed by atoms with van der Waals surface area (Å²) in [5.41, 5.74) is 0.902. The highest BCUT2D eigenvalue weighted by atomic mass is 16.2. The number of aromatic nitrogens is 1. The van der Waals surface area contributed by atoms with Gasteiger partial charge in [0.2, 0.25) is 0 Å². The van der Waals surface area contributed by atoms with E-state index in [2.05, 4.69) is 24.1 Å². The van der Waals surface area contributed by atoms with Crippen LogP contribution < -0.4 is 5.32 Å². The number of urea groups is 1. The number of amides is 2. The molecule has 0 aromatic carbocycles.